The first-order valence-corrected chi connectivity index (χ1v) is 5.82. The number of halogens is 2. The van der Waals surface area contributed by atoms with E-state index in [1.165, 1.54) is 12.1 Å². The van der Waals surface area contributed by atoms with Crippen molar-refractivity contribution in [2.75, 3.05) is 13.7 Å². The van der Waals surface area contributed by atoms with E-state index < -0.39 is 17.2 Å². The Balaban J connectivity index is 2.34. The fourth-order valence-electron chi connectivity index (χ4n) is 2.59. The van der Waals surface area contributed by atoms with Gasteiger partial charge in [-0.1, -0.05) is 0 Å². The summed E-state index contributed by atoms with van der Waals surface area (Å²) in [6.45, 7) is 2.68. The van der Waals surface area contributed by atoms with Crippen LogP contribution in [0.15, 0.2) is 18.2 Å². The van der Waals surface area contributed by atoms with Gasteiger partial charge in [-0.15, -0.1) is 0 Å². The Kier molecular flexibility index (Phi) is 3.45. The lowest BCUT2D eigenvalue weighted by Crippen LogP contribution is -2.39. The lowest BCUT2D eigenvalue weighted by molar-refractivity contribution is -0.0106. The summed E-state index contributed by atoms with van der Waals surface area (Å²) in [6, 6.07) is 3.40. The number of benzene rings is 1. The zero-order valence-corrected chi connectivity index (χ0v) is 10.1. The Hall–Kier alpha value is -1.00. The third kappa shape index (κ3) is 2.48. The number of likely N-dealkylation sites (N-methyl/N-ethyl adjacent to an activating group) is 1. The predicted octanol–water partition coefficient (Wildman–Crippen LogP) is 2.79. The van der Waals surface area contributed by atoms with Gasteiger partial charge < -0.3 is 10.1 Å². The average Bonchev–Trinajstić information content (AvgIpc) is 2.65. The number of hydrogen-bond acceptors (Lipinski definition) is 2. The lowest BCUT2D eigenvalue weighted by Gasteiger charge is -2.33. The molecule has 2 unspecified atom stereocenters. The van der Waals surface area contributed by atoms with Crippen LogP contribution in [0.5, 0.6) is 0 Å². The third-order valence-electron chi connectivity index (χ3n) is 3.37. The molecule has 0 spiro atoms. The van der Waals surface area contributed by atoms with Gasteiger partial charge in [0.25, 0.3) is 0 Å². The molecule has 1 saturated heterocycles. The summed E-state index contributed by atoms with van der Waals surface area (Å²) < 4.78 is 32.2. The van der Waals surface area contributed by atoms with Crippen molar-refractivity contribution >= 4 is 0 Å². The second kappa shape index (κ2) is 4.70. The van der Waals surface area contributed by atoms with E-state index in [1.807, 2.05) is 6.92 Å². The SMILES string of the molecule is CNC(c1cc(F)cc(F)c1)C1(C)CCCO1. The molecule has 0 aromatic heterocycles. The minimum Gasteiger partial charge on any atom is -0.373 e. The molecule has 0 aliphatic carbocycles. The molecule has 94 valence electrons. The van der Waals surface area contributed by atoms with Crippen LogP contribution in [0.2, 0.25) is 0 Å². The maximum Gasteiger partial charge on any atom is 0.126 e. The van der Waals surface area contributed by atoms with E-state index in [-0.39, 0.29) is 6.04 Å². The summed E-state index contributed by atoms with van der Waals surface area (Å²) in [5, 5.41) is 3.10. The van der Waals surface area contributed by atoms with Gasteiger partial charge in [0.1, 0.15) is 11.6 Å². The summed E-state index contributed by atoms with van der Waals surface area (Å²) >= 11 is 0. The van der Waals surface area contributed by atoms with Crippen molar-refractivity contribution < 1.29 is 13.5 Å². The molecule has 2 nitrogen and oxygen atoms in total. The highest BCUT2D eigenvalue weighted by Gasteiger charge is 2.38. The van der Waals surface area contributed by atoms with E-state index in [1.54, 1.807) is 7.05 Å². The van der Waals surface area contributed by atoms with Crippen LogP contribution < -0.4 is 5.32 Å². The van der Waals surface area contributed by atoms with Gasteiger partial charge in [-0.25, -0.2) is 8.78 Å². The number of hydrogen-bond donors (Lipinski definition) is 1. The standard InChI is InChI=1S/C13H17F2NO/c1-13(4-3-5-17-13)12(16-2)9-6-10(14)8-11(15)7-9/h6-8,12,16H,3-5H2,1-2H3. The molecular weight excluding hydrogens is 224 g/mol. The van der Waals surface area contributed by atoms with Crippen molar-refractivity contribution in [3.63, 3.8) is 0 Å². The molecular formula is C13H17F2NO. The van der Waals surface area contributed by atoms with Crippen molar-refractivity contribution in [2.45, 2.75) is 31.4 Å². The number of ether oxygens (including phenoxy) is 1. The number of rotatable bonds is 3. The molecule has 1 aromatic rings. The molecule has 1 aliphatic rings. The molecule has 2 atom stereocenters. The highest BCUT2D eigenvalue weighted by Crippen LogP contribution is 2.37. The minimum absolute atomic E-state index is 0.199. The fraction of sp³-hybridized carbons (Fsp3) is 0.538. The van der Waals surface area contributed by atoms with Gasteiger partial charge in [-0.3, -0.25) is 0 Å². The average molecular weight is 241 g/mol. The highest BCUT2D eigenvalue weighted by molar-refractivity contribution is 5.24. The van der Waals surface area contributed by atoms with Crippen molar-refractivity contribution in [3.8, 4) is 0 Å². The highest BCUT2D eigenvalue weighted by atomic mass is 19.1. The lowest BCUT2D eigenvalue weighted by atomic mass is 9.88. The number of nitrogens with one attached hydrogen (secondary N) is 1. The third-order valence-corrected chi connectivity index (χ3v) is 3.37. The van der Waals surface area contributed by atoms with Crippen LogP contribution in [-0.2, 0) is 4.74 Å². The molecule has 0 radical (unpaired) electrons. The minimum atomic E-state index is -0.554. The quantitative estimate of drug-likeness (QED) is 0.878. The first-order chi connectivity index (χ1) is 8.05. The zero-order valence-electron chi connectivity index (χ0n) is 10.1. The summed E-state index contributed by atoms with van der Waals surface area (Å²) in [5.41, 5.74) is 0.198. The Morgan fingerprint density at radius 3 is 2.41 bits per heavy atom. The van der Waals surface area contributed by atoms with Gasteiger partial charge in [0.15, 0.2) is 0 Å². The Morgan fingerprint density at radius 1 is 1.29 bits per heavy atom. The van der Waals surface area contributed by atoms with Crippen LogP contribution >= 0.6 is 0 Å². The first kappa shape index (κ1) is 12.5. The largest absolute Gasteiger partial charge is 0.373 e. The fourth-order valence-corrected chi connectivity index (χ4v) is 2.59. The van der Waals surface area contributed by atoms with E-state index in [2.05, 4.69) is 5.32 Å². The first-order valence-electron chi connectivity index (χ1n) is 5.82. The second-order valence-electron chi connectivity index (χ2n) is 4.69. The summed E-state index contributed by atoms with van der Waals surface area (Å²) in [4.78, 5) is 0. The summed E-state index contributed by atoms with van der Waals surface area (Å²) in [7, 11) is 1.78. The van der Waals surface area contributed by atoms with E-state index in [9.17, 15) is 8.78 Å². The van der Waals surface area contributed by atoms with Gasteiger partial charge in [0.2, 0.25) is 0 Å². The summed E-state index contributed by atoms with van der Waals surface area (Å²) in [6.07, 6.45) is 1.86. The summed E-state index contributed by atoms with van der Waals surface area (Å²) in [5.74, 6) is -1.11. The van der Waals surface area contributed by atoms with Crippen LogP contribution in [-0.4, -0.2) is 19.3 Å². The van der Waals surface area contributed by atoms with Gasteiger partial charge in [0, 0.05) is 12.7 Å². The van der Waals surface area contributed by atoms with Crippen LogP contribution in [0.25, 0.3) is 0 Å². The Morgan fingerprint density at radius 2 is 1.94 bits per heavy atom. The topological polar surface area (TPSA) is 21.3 Å². The Bertz CT molecular complexity index is 382. The van der Waals surface area contributed by atoms with Gasteiger partial charge in [0.05, 0.1) is 11.6 Å². The van der Waals surface area contributed by atoms with Crippen molar-refractivity contribution in [2.24, 2.45) is 0 Å². The smallest absolute Gasteiger partial charge is 0.126 e. The molecule has 0 bridgehead atoms. The molecule has 0 amide bonds. The maximum atomic E-state index is 13.2. The molecule has 1 heterocycles. The molecule has 17 heavy (non-hydrogen) atoms. The van der Waals surface area contributed by atoms with E-state index in [4.69, 9.17) is 4.74 Å². The van der Waals surface area contributed by atoms with E-state index in [0.717, 1.165) is 18.9 Å². The van der Waals surface area contributed by atoms with Crippen LogP contribution in [0, 0.1) is 11.6 Å². The zero-order chi connectivity index (χ0) is 12.5. The molecule has 2 rings (SSSR count). The molecule has 1 N–H and O–H groups in total. The normalized spacial score (nSPS) is 26.1. The van der Waals surface area contributed by atoms with Gasteiger partial charge in [-0.2, -0.15) is 0 Å². The molecule has 1 aliphatic heterocycles. The monoisotopic (exact) mass is 241 g/mol. The van der Waals surface area contributed by atoms with Crippen molar-refractivity contribution in [1.29, 1.82) is 0 Å². The van der Waals surface area contributed by atoms with Gasteiger partial charge >= 0.3 is 0 Å². The van der Waals surface area contributed by atoms with Crippen molar-refractivity contribution in [1.82, 2.24) is 5.32 Å². The van der Waals surface area contributed by atoms with Crippen LogP contribution in [0.3, 0.4) is 0 Å². The van der Waals surface area contributed by atoms with Crippen molar-refractivity contribution in [3.05, 3.63) is 35.4 Å². The van der Waals surface area contributed by atoms with Crippen LogP contribution in [0.1, 0.15) is 31.4 Å². The Labute approximate surface area is 100.0 Å². The van der Waals surface area contributed by atoms with E-state index in [0.29, 0.717) is 12.2 Å². The van der Waals surface area contributed by atoms with E-state index >= 15 is 0 Å². The molecule has 1 aromatic carbocycles. The maximum absolute atomic E-state index is 13.2. The molecule has 1 fully saturated rings. The molecule has 0 saturated carbocycles. The van der Waals surface area contributed by atoms with Gasteiger partial charge in [-0.05, 0) is 44.5 Å². The molecule has 4 heteroatoms. The predicted molar refractivity (Wildman–Crippen MR) is 61.7 cm³/mol. The van der Waals surface area contributed by atoms with Crippen LogP contribution in [0.4, 0.5) is 8.78 Å². The second-order valence-corrected chi connectivity index (χ2v) is 4.69.